The Hall–Kier alpha value is -1.09. The molecule has 0 fully saturated rings. The van der Waals surface area contributed by atoms with Gasteiger partial charge in [0.05, 0.1) is 17.7 Å². The van der Waals surface area contributed by atoms with Crippen molar-refractivity contribution in [1.82, 2.24) is 9.55 Å². The van der Waals surface area contributed by atoms with Gasteiger partial charge >= 0.3 is 0 Å². The lowest BCUT2D eigenvalue weighted by atomic mass is 10.3. The molecular weight excluding hydrogens is 192 g/mol. The van der Waals surface area contributed by atoms with E-state index >= 15 is 0 Å². The summed E-state index contributed by atoms with van der Waals surface area (Å²) in [5.41, 5.74) is 5.70. The highest BCUT2D eigenvalue weighted by Crippen LogP contribution is 2.17. The first-order valence-corrected chi connectivity index (χ1v) is 5.58. The summed E-state index contributed by atoms with van der Waals surface area (Å²) in [5.74, 6) is 0. The van der Waals surface area contributed by atoms with Crippen LogP contribution in [0.25, 0.3) is 0 Å². The highest BCUT2D eigenvalue weighted by atomic mass is 32.1. The second-order valence-corrected chi connectivity index (χ2v) is 4.50. The first-order valence-electron chi connectivity index (χ1n) is 4.70. The van der Waals surface area contributed by atoms with Crippen LogP contribution in [0.2, 0.25) is 0 Å². The van der Waals surface area contributed by atoms with Crippen molar-refractivity contribution in [3.05, 3.63) is 39.6 Å². The Balaban J connectivity index is 2.31. The van der Waals surface area contributed by atoms with E-state index in [0.717, 1.165) is 12.2 Å². The summed E-state index contributed by atoms with van der Waals surface area (Å²) >= 11 is 1.73. The van der Waals surface area contributed by atoms with E-state index in [0.29, 0.717) is 0 Å². The quantitative estimate of drug-likeness (QED) is 0.738. The van der Waals surface area contributed by atoms with Crippen molar-refractivity contribution >= 4 is 11.3 Å². The molecule has 0 amide bonds. The Bertz CT molecular complexity index is 420. The van der Waals surface area contributed by atoms with E-state index in [-0.39, 0.29) is 0 Å². The normalized spacial score (nSPS) is 10.8. The van der Waals surface area contributed by atoms with Gasteiger partial charge in [0.25, 0.3) is 0 Å². The van der Waals surface area contributed by atoms with Crippen LogP contribution in [0.4, 0.5) is 0 Å². The standard InChI is InChI=1S/C11H14N2S/c1-8-4-5-9(2)13(8)6-11-10(3)12-7-14-11/h4-5,7H,6H2,1-3H3. The molecule has 0 N–H and O–H groups in total. The van der Waals surface area contributed by atoms with Gasteiger partial charge in [-0.2, -0.15) is 0 Å². The Kier molecular flexibility index (Phi) is 2.42. The van der Waals surface area contributed by atoms with Crippen LogP contribution >= 0.6 is 11.3 Å². The molecule has 0 radical (unpaired) electrons. The summed E-state index contributed by atoms with van der Waals surface area (Å²) in [4.78, 5) is 5.62. The third-order valence-electron chi connectivity index (χ3n) is 2.56. The first kappa shape index (κ1) is 9.46. The fourth-order valence-corrected chi connectivity index (χ4v) is 2.34. The highest BCUT2D eigenvalue weighted by Gasteiger charge is 2.05. The summed E-state index contributed by atoms with van der Waals surface area (Å²) in [6.07, 6.45) is 0. The van der Waals surface area contributed by atoms with Crippen molar-refractivity contribution in [2.75, 3.05) is 0 Å². The van der Waals surface area contributed by atoms with Gasteiger partial charge in [0.2, 0.25) is 0 Å². The zero-order chi connectivity index (χ0) is 10.1. The van der Waals surface area contributed by atoms with Crippen molar-refractivity contribution in [2.24, 2.45) is 0 Å². The summed E-state index contributed by atoms with van der Waals surface area (Å²) < 4.78 is 2.32. The van der Waals surface area contributed by atoms with E-state index in [4.69, 9.17) is 0 Å². The van der Waals surface area contributed by atoms with Crippen molar-refractivity contribution in [3.8, 4) is 0 Å². The van der Waals surface area contributed by atoms with Gasteiger partial charge < -0.3 is 4.57 Å². The van der Waals surface area contributed by atoms with Crippen molar-refractivity contribution in [1.29, 1.82) is 0 Å². The molecule has 2 heterocycles. The van der Waals surface area contributed by atoms with Crippen LogP contribution < -0.4 is 0 Å². The van der Waals surface area contributed by atoms with Crippen LogP contribution in [0.5, 0.6) is 0 Å². The third kappa shape index (κ3) is 1.60. The van der Waals surface area contributed by atoms with E-state index in [2.05, 4.69) is 42.5 Å². The van der Waals surface area contributed by atoms with Crippen LogP contribution in [0.15, 0.2) is 17.6 Å². The van der Waals surface area contributed by atoms with Crippen LogP contribution in [-0.4, -0.2) is 9.55 Å². The van der Waals surface area contributed by atoms with Gasteiger partial charge in [-0.1, -0.05) is 0 Å². The van der Waals surface area contributed by atoms with Crippen molar-refractivity contribution in [3.63, 3.8) is 0 Å². The lowest BCUT2D eigenvalue weighted by Crippen LogP contribution is -2.03. The van der Waals surface area contributed by atoms with Gasteiger partial charge in [-0.15, -0.1) is 11.3 Å². The van der Waals surface area contributed by atoms with E-state index in [1.807, 2.05) is 5.51 Å². The minimum absolute atomic E-state index is 0.959. The first-order chi connectivity index (χ1) is 6.68. The molecule has 3 heteroatoms. The summed E-state index contributed by atoms with van der Waals surface area (Å²) in [6.45, 7) is 7.31. The molecule has 2 aromatic heterocycles. The summed E-state index contributed by atoms with van der Waals surface area (Å²) in [7, 11) is 0. The van der Waals surface area contributed by atoms with E-state index in [1.165, 1.54) is 16.3 Å². The smallest absolute Gasteiger partial charge is 0.0798 e. The maximum atomic E-state index is 4.26. The van der Waals surface area contributed by atoms with Crippen LogP contribution in [0, 0.1) is 20.8 Å². The molecule has 0 aliphatic carbocycles. The fraction of sp³-hybridized carbons (Fsp3) is 0.364. The third-order valence-corrected chi connectivity index (χ3v) is 3.48. The van der Waals surface area contributed by atoms with Crippen LogP contribution in [0.3, 0.4) is 0 Å². The molecule has 2 nitrogen and oxygen atoms in total. The van der Waals surface area contributed by atoms with Gasteiger partial charge in [0.15, 0.2) is 0 Å². The highest BCUT2D eigenvalue weighted by molar-refractivity contribution is 7.09. The van der Waals surface area contributed by atoms with Gasteiger partial charge in [-0.25, -0.2) is 4.98 Å². The van der Waals surface area contributed by atoms with Gasteiger partial charge in [-0.05, 0) is 32.9 Å². The Labute approximate surface area is 88.2 Å². The second-order valence-electron chi connectivity index (χ2n) is 3.56. The van der Waals surface area contributed by atoms with E-state index < -0.39 is 0 Å². The number of thiazole rings is 1. The summed E-state index contributed by atoms with van der Waals surface area (Å²) in [5, 5.41) is 0. The molecule has 0 saturated heterocycles. The lowest BCUT2D eigenvalue weighted by molar-refractivity contribution is 0.754. The van der Waals surface area contributed by atoms with Gasteiger partial charge in [-0.3, -0.25) is 0 Å². The molecular formula is C11H14N2S. The zero-order valence-electron chi connectivity index (χ0n) is 8.74. The molecule has 2 aromatic rings. The molecule has 0 aliphatic heterocycles. The maximum absolute atomic E-state index is 4.26. The number of aryl methyl sites for hydroxylation is 3. The molecule has 0 spiro atoms. The zero-order valence-corrected chi connectivity index (χ0v) is 9.56. The van der Waals surface area contributed by atoms with E-state index in [1.54, 1.807) is 11.3 Å². The number of nitrogens with zero attached hydrogens (tertiary/aromatic N) is 2. The number of hydrogen-bond donors (Lipinski definition) is 0. The van der Waals surface area contributed by atoms with Gasteiger partial charge in [0, 0.05) is 16.3 Å². The average molecular weight is 206 g/mol. The molecule has 2 rings (SSSR count). The largest absolute Gasteiger partial charge is 0.344 e. The maximum Gasteiger partial charge on any atom is 0.0798 e. The Morgan fingerprint density at radius 2 is 1.86 bits per heavy atom. The fourth-order valence-electron chi connectivity index (χ4n) is 1.57. The second kappa shape index (κ2) is 3.58. The lowest BCUT2D eigenvalue weighted by Gasteiger charge is -2.07. The molecule has 0 aromatic carbocycles. The number of hydrogen-bond acceptors (Lipinski definition) is 2. The molecule has 0 aliphatic rings. The predicted molar refractivity (Wildman–Crippen MR) is 59.9 cm³/mol. The van der Waals surface area contributed by atoms with Crippen LogP contribution in [-0.2, 0) is 6.54 Å². The molecule has 0 saturated carbocycles. The Morgan fingerprint density at radius 3 is 2.36 bits per heavy atom. The van der Waals surface area contributed by atoms with Crippen LogP contribution in [0.1, 0.15) is 22.0 Å². The monoisotopic (exact) mass is 206 g/mol. The number of aromatic nitrogens is 2. The average Bonchev–Trinajstić information content (AvgIpc) is 2.67. The van der Waals surface area contributed by atoms with Gasteiger partial charge in [0.1, 0.15) is 0 Å². The summed E-state index contributed by atoms with van der Waals surface area (Å²) in [6, 6.07) is 4.32. The molecule has 14 heavy (non-hydrogen) atoms. The molecule has 74 valence electrons. The minimum atomic E-state index is 0.959. The SMILES string of the molecule is Cc1ncsc1Cn1c(C)ccc1C. The molecule has 0 atom stereocenters. The topological polar surface area (TPSA) is 17.8 Å². The van der Waals surface area contributed by atoms with E-state index in [9.17, 15) is 0 Å². The Morgan fingerprint density at radius 1 is 1.21 bits per heavy atom. The molecule has 0 unspecified atom stereocenters. The molecule has 0 bridgehead atoms. The number of rotatable bonds is 2. The predicted octanol–water partition coefficient (Wildman–Crippen LogP) is 2.92. The van der Waals surface area contributed by atoms with Crippen molar-refractivity contribution in [2.45, 2.75) is 27.3 Å². The minimum Gasteiger partial charge on any atom is -0.344 e. The van der Waals surface area contributed by atoms with Crippen molar-refractivity contribution < 1.29 is 0 Å².